The fraction of sp³-hybridized carbons (Fsp3) is 0.261. The number of amides is 1. The zero-order valence-electron chi connectivity index (χ0n) is 16.1. The number of nitrogens with one attached hydrogen (secondary N) is 1. The van der Waals surface area contributed by atoms with E-state index in [1.54, 1.807) is 17.6 Å². The molecule has 0 atom stereocenters. The summed E-state index contributed by atoms with van der Waals surface area (Å²) in [5.41, 5.74) is 2.83. The molecule has 0 unspecified atom stereocenters. The molecule has 1 amide bonds. The predicted molar refractivity (Wildman–Crippen MR) is 108 cm³/mol. The summed E-state index contributed by atoms with van der Waals surface area (Å²) in [7, 11) is 0. The van der Waals surface area contributed by atoms with Gasteiger partial charge in [-0.05, 0) is 37.1 Å². The summed E-state index contributed by atoms with van der Waals surface area (Å²) in [4.78, 5) is 12.7. The first-order valence-electron chi connectivity index (χ1n) is 9.54. The number of carbonyl (C=O) groups is 1. The predicted octanol–water partition coefficient (Wildman–Crippen LogP) is 5.65. The average molecular weight is 382 g/mol. The van der Waals surface area contributed by atoms with Crippen molar-refractivity contribution in [3.63, 3.8) is 0 Å². The number of unbranched alkanes of at least 4 members (excludes halogenated alkanes) is 2. The molecule has 28 heavy (non-hydrogen) atoms. The summed E-state index contributed by atoms with van der Waals surface area (Å²) in [5, 5.41) is 2.94. The number of hydrogen-bond donors (Lipinski definition) is 1. The molecule has 3 aromatic rings. The van der Waals surface area contributed by atoms with Crippen molar-refractivity contribution in [3.8, 4) is 16.9 Å². The maximum absolute atomic E-state index is 14.5. The van der Waals surface area contributed by atoms with Crippen molar-refractivity contribution in [2.45, 2.75) is 33.1 Å². The lowest BCUT2D eigenvalue weighted by Crippen LogP contribution is -2.24. The van der Waals surface area contributed by atoms with E-state index in [1.807, 2.05) is 30.3 Å². The molecule has 146 valence electrons. The Labute approximate surface area is 164 Å². The Morgan fingerprint density at radius 1 is 1.04 bits per heavy atom. The number of aromatic nitrogens is 1. The highest BCUT2D eigenvalue weighted by atomic mass is 19.1. The molecule has 0 spiro atoms. The van der Waals surface area contributed by atoms with Gasteiger partial charge in [-0.3, -0.25) is 4.79 Å². The molecule has 0 saturated heterocycles. The van der Waals surface area contributed by atoms with Crippen LogP contribution in [0.5, 0.6) is 0 Å². The van der Waals surface area contributed by atoms with Crippen LogP contribution >= 0.6 is 0 Å². The van der Waals surface area contributed by atoms with Gasteiger partial charge in [0.25, 0.3) is 5.91 Å². The van der Waals surface area contributed by atoms with Crippen molar-refractivity contribution in [2.24, 2.45) is 0 Å². The minimum absolute atomic E-state index is 0.188. The monoisotopic (exact) mass is 382 g/mol. The van der Waals surface area contributed by atoms with E-state index in [4.69, 9.17) is 0 Å². The van der Waals surface area contributed by atoms with Crippen LogP contribution in [0, 0.1) is 18.6 Å². The van der Waals surface area contributed by atoms with E-state index >= 15 is 0 Å². The van der Waals surface area contributed by atoms with Gasteiger partial charge in [-0.15, -0.1) is 0 Å². The molecule has 1 N–H and O–H groups in total. The van der Waals surface area contributed by atoms with Crippen LogP contribution in [-0.4, -0.2) is 17.0 Å². The molecule has 1 heterocycles. The standard InChI is InChI=1S/C23H24F2N2O/c1-3-4-8-13-26-23(28)19-15-22(17-9-6-5-7-10-17)27(16(19)2)21-12-11-18(24)14-20(21)25/h5-7,9-12,14-15H,3-4,8,13H2,1-2H3,(H,26,28). The quantitative estimate of drug-likeness (QED) is 0.526. The Hall–Kier alpha value is -2.95. The van der Waals surface area contributed by atoms with Crippen LogP contribution in [0.1, 0.15) is 42.2 Å². The average Bonchev–Trinajstić information content (AvgIpc) is 3.03. The van der Waals surface area contributed by atoms with Crippen molar-refractivity contribution < 1.29 is 13.6 Å². The molecule has 0 fully saturated rings. The van der Waals surface area contributed by atoms with Crippen molar-refractivity contribution in [1.29, 1.82) is 0 Å². The van der Waals surface area contributed by atoms with Crippen LogP contribution < -0.4 is 5.32 Å². The van der Waals surface area contributed by atoms with Gasteiger partial charge in [0.05, 0.1) is 16.9 Å². The van der Waals surface area contributed by atoms with Gasteiger partial charge < -0.3 is 9.88 Å². The normalized spacial score (nSPS) is 10.9. The molecule has 2 aromatic carbocycles. The van der Waals surface area contributed by atoms with Crippen molar-refractivity contribution >= 4 is 5.91 Å². The first kappa shape index (κ1) is 19.8. The summed E-state index contributed by atoms with van der Waals surface area (Å²) in [5.74, 6) is -1.50. The number of nitrogens with zero attached hydrogens (tertiary/aromatic N) is 1. The van der Waals surface area contributed by atoms with Crippen LogP contribution in [-0.2, 0) is 0 Å². The lowest BCUT2D eigenvalue weighted by Gasteiger charge is -2.13. The largest absolute Gasteiger partial charge is 0.352 e. The van der Waals surface area contributed by atoms with Gasteiger partial charge >= 0.3 is 0 Å². The smallest absolute Gasteiger partial charge is 0.253 e. The van der Waals surface area contributed by atoms with Gasteiger partial charge in [0.15, 0.2) is 0 Å². The molecule has 0 saturated carbocycles. The van der Waals surface area contributed by atoms with Crippen LogP contribution in [0.15, 0.2) is 54.6 Å². The highest BCUT2D eigenvalue weighted by Gasteiger charge is 2.21. The second kappa shape index (κ2) is 8.83. The lowest BCUT2D eigenvalue weighted by molar-refractivity contribution is 0.0952. The van der Waals surface area contributed by atoms with E-state index in [9.17, 15) is 13.6 Å². The molecule has 0 bridgehead atoms. The third-order valence-corrected chi connectivity index (χ3v) is 4.78. The first-order chi connectivity index (χ1) is 13.5. The first-order valence-corrected chi connectivity index (χ1v) is 9.54. The molecule has 3 rings (SSSR count). The summed E-state index contributed by atoms with van der Waals surface area (Å²) in [6.07, 6.45) is 3.05. The van der Waals surface area contributed by atoms with Crippen LogP contribution in [0.2, 0.25) is 0 Å². The Bertz CT molecular complexity index is 964. The molecule has 0 radical (unpaired) electrons. The molecule has 3 nitrogen and oxygen atoms in total. The number of halogens is 2. The highest BCUT2D eigenvalue weighted by molar-refractivity contribution is 5.97. The molecular weight excluding hydrogens is 358 g/mol. The molecule has 0 aliphatic heterocycles. The van der Waals surface area contributed by atoms with E-state index < -0.39 is 11.6 Å². The van der Waals surface area contributed by atoms with Crippen LogP contribution in [0.25, 0.3) is 16.9 Å². The van der Waals surface area contributed by atoms with Crippen LogP contribution in [0.3, 0.4) is 0 Å². The highest BCUT2D eigenvalue weighted by Crippen LogP contribution is 2.30. The fourth-order valence-corrected chi connectivity index (χ4v) is 3.30. The maximum Gasteiger partial charge on any atom is 0.253 e. The Kier molecular flexibility index (Phi) is 6.24. The fourth-order valence-electron chi connectivity index (χ4n) is 3.30. The van der Waals surface area contributed by atoms with Crippen molar-refractivity contribution in [1.82, 2.24) is 9.88 Å². The molecule has 0 aliphatic carbocycles. The van der Waals surface area contributed by atoms with E-state index in [1.165, 1.54) is 12.1 Å². The molecule has 1 aromatic heterocycles. The van der Waals surface area contributed by atoms with Gasteiger partial charge in [0, 0.05) is 18.3 Å². The van der Waals surface area contributed by atoms with E-state index in [0.29, 0.717) is 23.5 Å². The number of rotatable bonds is 7. The van der Waals surface area contributed by atoms with Gasteiger partial charge in [0.1, 0.15) is 11.6 Å². The van der Waals surface area contributed by atoms with Crippen molar-refractivity contribution in [3.05, 3.63) is 77.5 Å². The Morgan fingerprint density at radius 3 is 2.46 bits per heavy atom. The zero-order valence-corrected chi connectivity index (χ0v) is 16.1. The summed E-state index contributed by atoms with van der Waals surface area (Å²) < 4.78 is 29.6. The number of benzene rings is 2. The minimum atomic E-state index is -0.675. The molecule has 0 aliphatic rings. The Balaban J connectivity index is 2.06. The van der Waals surface area contributed by atoms with E-state index in [-0.39, 0.29) is 11.6 Å². The minimum Gasteiger partial charge on any atom is -0.352 e. The van der Waals surface area contributed by atoms with Gasteiger partial charge in [0.2, 0.25) is 0 Å². The Morgan fingerprint density at radius 2 is 1.79 bits per heavy atom. The van der Waals surface area contributed by atoms with Crippen LogP contribution in [0.4, 0.5) is 8.78 Å². The van der Waals surface area contributed by atoms with Gasteiger partial charge in [-0.1, -0.05) is 50.1 Å². The lowest BCUT2D eigenvalue weighted by atomic mass is 10.1. The second-order valence-corrected chi connectivity index (χ2v) is 6.79. The summed E-state index contributed by atoms with van der Waals surface area (Å²) in [6, 6.07) is 14.7. The topological polar surface area (TPSA) is 34.0 Å². The molecule has 5 heteroatoms. The maximum atomic E-state index is 14.5. The van der Waals surface area contributed by atoms with Gasteiger partial charge in [-0.25, -0.2) is 8.78 Å². The number of carbonyl (C=O) groups excluding carboxylic acids is 1. The third kappa shape index (κ3) is 4.14. The summed E-state index contributed by atoms with van der Waals surface area (Å²) in [6.45, 7) is 4.48. The van der Waals surface area contributed by atoms with E-state index in [2.05, 4.69) is 12.2 Å². The third-order valence-electron chi connectivity index (χ3n) is 4.78. The van der Waals surface area contributed by atoms with Gasteiger partial charge in [-0.2, -0.15) is 0 Å². The molecular formula is C23H24F2N2O. The van der Waals surface area contributed by atoms with Crippen molar-refractivity contribution in [2.75, 3.05) is 6.54 Å². The number of hydrogen-bond acceptors (Lipinski definition) is 1. The summed E-state index contributed by atoms with van der Waals surface area (Å²) >= 11 is 0. The SMILES string of the molecule is CCCCCNC(=O)c1cc(-c2ccccc2)n(-c2ccc(F)cc2F)c1C. The van der Waals surface area contributed by atoms with E-state index in [0.717, 1.165) is 30.9 Å². The zero-order chi connectivity index (χ0) is 20.1. The second-order valence-electron chi connectivity index (χ2n) is 6.79.